The molecule has 5 fully saturated rings. The van der Waals surface area contributed by atoms with Crippen LogP contribution in [0.25, 0.3) is 0 Å². The zero-order chi connectivity index (χ0) is 34.3. The number of carbonyl (C=O) groups is 1. The third-order valence-electron chi connectivity index (χ3n) is 11.1. The molecule has 0 saturated carbocycles. The van der Waals surface area contributed by atoms with Crippen LogP contribution < -0.4 is 14.4 Å². The molecule has 12 nitrogen and oxygen atoms in total. The number of rotatable bonds is 11. The smallest absolute Gasteiger partial charge is 0.258 e. The van der Waals surface area contributed by atoms with Gasteiger partial charge in [-0.15, -0.1) is 0 Å². The van der Waals surface area contributed by atoms with Crippen LogP contribution in [-0.4, -0.2) is 116 Å². The molecule has 268 valence electrons. The van der Waals surface area contributed by atoms with Crippen LogP contribution in [0.1, 0.15) is 76.1 Å². The summed E-state index contributed by atoms with van der Waals surface area (Å²) in [6.07, 6.45) is 9.93. The number of nitrogens with zero attached hydrogens (tertiary/aromatic N) is 5. The largest absolute Gasteiger partial charge is 0.451 e. The van der Waals surface area contributed by atoms with E-state index in [1.54, 1.807) is 13.1 Å². The van der Waals surface area contributed by atoms with E-state index in [1.165, 1.54) is 24.5 Å². The predicted molar refractivity (Wildman–Crippen MR) is 182 cm³/mol. The minimum absolute atomic E-state index is 0.0124. The van der Waals surface area contributed by atoms with Crippen molar-refractivity contribution in [1.29, 1.82) is 0 Å². The third kappa shape index (κ3) is 7.44. The van der Waals surface area contributed by atoms with Crippen LogP contribution in [0.5, 0.6) is 11.5 Å². The van der Waals surface area contributed by atoms with E-state index in [0.717, 1.165) is 77.7 Å². The number of fused-ring (bicyclic) bond motifs is 2. The first kappa shape index (κ1) is 34.5. The Bertz CT molecular complexity index is 1610. The molecule has 1 aromatic carbocycles. The molecule has 1 aromatic heterocycles. The quantitative estimate of drug-likeness (QED) is 0.368. The van der Waals surface area contributed by atoms with E-state index in [2.05, 4.69) is 24.5 Å². The van der Waals surface area contributed by atoms with E-state index in [4.69, 9.17) is 14.2 Å². The van der Waals surface area contributed by atoms with E-state index >= 15 is 0 Å². The van der Waals surface area contributed by atoms with Crippen molar-refractivity contribution >= 4 is 21.7 Å². The van der Waals surface area contributed by atoms with Crippen molar-refractivity contribution in [3.63, 3.8) is 0 Å². The van der Waals surface area contributed by atoms with Crippen molar-refractivity contribution in [2.45, 2.75) is 102 Å². The van der Waals surface area contributed by atoms with Crippen molar-refractivity contribution in [3.05, 3.63) is 42.1 Å². The summed E-state index contributed by atoms with van der Waals surface area (Å²) in [5.74, 6) is 0.692. The Balaban J connectivity index is 0.960. The maximum Gasteiger partial charge on any atom is 0.258 e. The highest BCUT2D eigenvalue weighted by atomic mass is 32.2. The number of carbonyl (C=O) groups excluding carboxylic acids is 1. The van der Waals surface area contributed by atoms with Crippen molar-refractivity contribution in [2.24, 2.45) is 5.41 Å². The number of amides is 1. The number of hydrogen-bond acceptors (Lipinski definition) is 10. The topological polar surface area (TPSA) is 126 Å². The molecule has 2 bridgehead atoms. The summed E-state index contributed by atoms with van der Waals surface area (Å²) in [4.78, 5) is 29.4. The van der Waals surface area contributed by atoms with Gasteiger partial charge in [0.25, 0.3) is 5.91 Å². The van der Waals surface area contributed by atoms with Gasteiger partial charge >= 0.3 is 0 Å². The molecule has 14 heteroatoms. The van der Waals surface area contributed by atoms with Crippen LogP contribution in [0.15, 0.2) is 30.7 Å². The van der Waals surface area contributed by atoms with Gasteiger partial charge in [0.2, 0.25) is 10.0 Å². The van der Waals surface area contributed by atoms with Crippen LogP contribution in [-0.2, 0) is 19.5 Å². The van der Waals surface area contributed by atoms with Crippen LogP contribution >= 0.6 is 0 Å². The van der Waals surface area contributed by atoms with Crippen LogP contribution in [0, 0.1) is 11.2 Å². The monoisotopic (exact) mass is 700 g/mol. The van der Waals surface area contributed by atoms with E-state index in [9.17, 15) is 17.6 Å². The number of ether oxygens (including phenoxy) is 3. The van der Waals surface area contributed by atoms with Gasteiger partial charge in [-0.25, -0.2) is 27.5 Å². The SMILES string of the molecule is CCS(=O)(=O)N[C@@H]1CC[C@@H](CN2CCC3(CC2)CN(c2ncncc2Oc2ccc(F)cc2C(=O)N(C(C)C)[C@@H]2C[C@@H]4CC[C@H]2O4)C3)OC1. The Morgan fingerprint density at radius 3 is 2.61 bits per heavy atom. The fourth-order valence-corrected chi connectivity index (χ4v) is 9.28. The standard InChI is InChI=1S/C35H49FN6O6S/c1-4-49(44,45)39-25-6-7-27(46-19-25)18-40-13-11-35(12-14-40)20-41(21-35)33-32(17-37-22-38-33)48-30-9-5-24(36)15-28(30)34(43)42(23(2)3)29-16-26-8-10-31(29)47-26/h5,9,15,17,22-23,25-27,29,31,39H,4,6-8,10-14,16,18-21H2,1-3H3/t25-,26+,27+,29-,31-/m1/s1. The lowest BCUT2D eigenvalue weighted by atomic mass is 9.72. The number of hydrogen-bond donors (Lipinski definition) is 1. The number of sulfonamides is 1. The highest BCUT2D eigenvalue weighted by molar-refractivity contribution is 7.89. The van der Waals surface area contributed by atoms with Gasteiger partial charge in [0, 0.05) is 37.1 Å². The second kappa shape index (κ2) is 14.0. The van der Waals surface area contributed by atoms with E-state index in [0.29, 0.717) is 18.2 Å². The molecule has 5 aliphatic heterocycles. The molecule has 2 aromatic rings. The minimum atomic E-state index is -3.23. The van der Waals surface area contributed by atoms with Crippen molar-refractivity contribution in [3.8, 4) is 11.5 Å². The summed E-state index contributed by atoms with van der Waals surface area (Å²) in [6.45, 7) is 10.5. The normalized spacial score (nSPS) is 28.2. The summed E-state index contributed by atoms with van der Waals surface area (Å²) < 4.78 is 59.7. The number of piperidine rings is 1. The van der Waals surface area contributed by atoms with E-state index in [-0.39, 0.29) is 64.8 Å². The number of halogens is 1. The number of anilines is 1. The first-order valence-electron chi connectivity index (χ1n) is 17.9. The highest BCUT2D eigenvalue weighted by Crippen LogP contribution is 2.45. The molecule has 5 saturated heterocycles. The third-order valence-corrected chi connectivity index (χ3v) is 12.6. The highest BCUT2D eigenvalue weighted by Gasteiger charge is 2.48. The summed E-state index contributed by atoms with van der Waals surface area (Å²) in [5.41, 5.74) is 0.367. The van der Waals surface area contributed by atoms with Crippen molar-refractivity contribution in [1.82, 2.24) is 24.5 Å². The number of likely N-dealkylation sites (tertiary alicyclic amines) is 1. The Kier molecular flexibility index (Phi) is 9.88. The van der Waals surface area contributed by atoms with E-state index in [1.807, 2.05) is 18.7 Å². The molecule has 5 atom stereocenters. The Labute approximate surface area is 288 Å². The summed E-state index contributed by atoms with van der Waals surface area (Å²) in [5, 5.41) is 0. The lowest BCUT2D eigenvalue weighted by molar-refractivity contribution is -0.0299. The Hall–Kier alpha value is -2.91. The van der Waals surface area contributed by atoms with Gasteiger partial charge in [0.05, 0.1) is 48.5 Å². The van der Waals surface area contributed by atoms with Crippen LogP contribution in [0.3, 0.4) is 0 Å². The maximum absolute atomic E-state index is 14.6. The zero-order valence-corrected chi connectivity index (χ0v) is 29.5. The van der Waals surface area contributed by atoms with Crippen molar-refractivity contribution < 1.29 is 31.8 Å². The summed E-state index contributed by atoms with van der Waals surface area (Å²) in [6, 6.07) is 3.82. The average molecular weight is 701 g/mol. The van der Waals surface area contributed by atoms with Crippen LogP contribution in [0.4, 0.5) is 10.2 Å². The molecule has 1 spiro atoms. The summed E-state index contributed by atoms with van der Waals surface area (Å²) >= 11 is 0. The van der Waals surface area contributed by atoms with Gasteiger partial charge in [0.1, 0.15) is 17.9 Å². The first-order chi connectivity index (χ1) is 23.5. The van der Waals surface area contributed by atoms with Gasteiger partial charge in [0.15, 0.2) is 11.6 Å². The fourth-order valence-electron chi connectivity index (χ4n) is 8.42. The Morgan fingerprint density at radius 2 is 1.96 bits per heavy atom. The maximum atomic E-state index is 14.6. The molecular formula is C35H49FN6O6S. The zero-order valence-electron chi connectivity index (χ0n) is 28.7. The van der Waals surface area contributed by atoms with Crippen molar-refractivity contribution in [2.75, 3.05) is 50.0 Å². The number of nitrogens with one attached hydrogen (secondary N) is 1. The molecule has 1 N–H and O–H groups in total. The average Bonchev–Trinajstić information content (AvgIpc) is 3.70. The van der Waals surface area contributed by atoms with Gasteiger partial charge in [-0.1, -0.05) is 0 Å². The predicted octanol–water partition coefficient (Wildman–Crippen LogP) is 3.97. The minimum Gasteiger partial charge on any atom is -0.451 e. The molecule has 5 aliphatic rings. The molecule has 0 unspecified atom stereocenters. The second-order valence-corrected chi connectivity index (χ2v) is 16.9. The Morgan fingerprint density at radius 1 is 1.16 bits per heavy atom. The second-order valence-electron chi connectivity index (χ2n) is 14.8. The molecule has 49 heavy (non-hydrogen) atoms. The fraction of sp³-hybridized carbons (Fsp3) is 0.686. The number of benzene rings is 1. The molecule has 7 rings (SSSR count). The summed E-state index contributed by atoms with van der Waals surface area (Å²) in [7, 11) is -3.23. The van der Waals surface area contributed by atoms with Gasteiger partial charge in [-0.2, -0.15) is 0 Å². The van der Waals surface area contributed by atoms with Gasteiger partial charge in [-0.3, -0.25) is 4.79 Å². The first-order valence-corrected chi connectivity index (χ1v) is 19.5. The van der Waals surface area contributed by atoms with E-state index < -0.39 is 15.8 Å². The molecule has 1 amide bonds. The molecular weight excluding hydrogens is 651 g/mol. The lowest BCUT2D eigenvalue weighted by Crippen LogP contribution is -2.61. The molecule has 6 heterocycles. The lowest BCUT2D eigenvalue weighted by Gasteiger charge is -2.54. The molecule has 0 radical (unpaired) electrons. The van der Waals surface area contributed by atoms with Gasteiger partial charge in [-0.05, 0) is 97.0 Å². The van der Waals surface area contributed by atoms with Gasteiger partial charge < -0.3 is 28.9 Å². The molecule has 0 aliphatic carbocycles. The van der Waals surface area contributed by atoms with Crippen LogP contribution in [0.2, 0.25) is 0 Å². The number of aromatic nitrogens is 2.